The molecule has 2 aromatic rings. The zero-order valence-corrected chi connectivity index (χ0v) is 11.9. The summed E-state index contributed by atoms with van der Waals surface area (Å²) in [5.74, 6) is 1.31. The van der Waals surface area contributed by atoms with Crippen LogP contribution in [0.1, 0.15) is 29.6 Å². The molecule has 1 aliphatic heterocycles. The molecule has 0 saturated carbocycles. The maximum Gasteiger partial charge on any atom is 0.252 e. The second-order valence-electron chi connectivity index (χ2n) is 5.12. The Morgan fingerprint density at radius 1 is 1.38 bits per heavy atom. The molecule has 1 aromatic heterocycles. The van der Waals surface area contributed by atoms with Crippen molar-refractivity contribution >= 4 is 5.91 Å². The van der Waals surface area contributed by atoms with Crippen molar-refractivity contribution in [3.8, 4) is 0 Å². The number of benzene rings is 1. The summed E-state index contributed by atoms with van der Waals surface area (Å²) in [7, 11) is 1.57. The second kappa shape index (κ2) is 6.05. The SMILES string of the molecule is COCc1nc(CN2CC(c3ccccc3)CC2=O)no1. The van der Waals surface area contributed by atoms with E-state index in [1.54, 1.807) is 12.0 Å². The number of carbonyl (C=O) groups is 1. The van der Waals surface area contributed by atoms with Gasteiger partial charge in [-0.3, -0.25) is 4.79 Å². The molecule has 0 radical (unpaired) electrons. The van der Waals surface area contributed by atoms with E-state index in [-0.39, 0.29) is 18.4 Å². The molecular formula is C15H17N3O3. The number of likely N-dealkylation sites (tertiary alicyclic amines) is 1. The molecule has 6 heteroatoms. The maximum atomic E-state index is 12.1. The van der Waals surface area contributed by atoms with E-state index in [1.165, 1.54) is 5.56 Å². The fourth-order valence-corrected chi connectivity index (χ4v) is 2.58. The van der Waals surface area contributed by atoms with Gasteiger partial charge in [-0.2, -0.15) is 4.98 Å². The van der Waals surface area contributed by atoms with Gasteiger partial charge in [0.15, 0.2) is 5.82 Å². The first kappa shape index (κ1) is 13.8. The van der Waals surface area contributed by atoms with E-state index in [0.29, 0.717) is 31.2 Å². The monoisotopic (exact) mass is 287 g/mol. The van der Waals surface area contributed by atoms with Gasteiger partial charge in [-0.15, -0.1) is 0 Å². The third-order valence-electron chi connectivity index (χ3n) is 3.60. The quantitative estimate of drug-likeness (QED) is 0.837. The number of nitrogens with zero attached hydrogens (tertiary/aromatic N) is 3. The molecule has 0 spiro atoms. The first-order valence-corrected chi connectivity index (χ1v) is 6.89. The van der Waals surface area contributed by atoms with Crippen molar-refractivity contribution in [1.29, 1.82) is 0 Å². The minimum Gasteiger partial charge on any atom is -0.375 e. The minimum atomic E-state index is 0.127. The molecular weight excluding hydrogens is 270 g/mol. The van der Waals surface area contributed by atoms with Crippen molar-refractivity contribution in [1.82, 2.24) is 15.0 Å². The van der Waals surface area contributed by atoms with Crippen LogP contribution >= 0.6 is 0 Å². The third-order valence-corrected chi connectivity index (χ3v) is 3.60. The molecule has 1 unspecified atom stereocenters. The summed E-state index contributed by atoms with van der Waals surface area (Å²) in [6.45, 7) is 1.36. The van der Waals surface area contributed by atoms with Gasteiger partial charge in [0.25, 0.3) is 5.89 Å². The molecule has 2 heterocycles. The number of hydrogen-bond acceptors (Lipinski definition) is 5. The molecule has 110 valence electrons. The number of ether oxygens (including phenoxy) is 1. The van der Waals surface area contributed by atoms with Crippen LogP contribution in [-0.2, 0) is 22.7 Å². The van der Waals surface area contributed by atoms with Gasteiger partial charge < -0.3 is 14.2 Å². The number of hydrogen-bond donors (Lipinski definition) is 0. The van der Waals surface area contributed by atoms with E-state index in [1.807, 2.05) is 18.2 Å². The Morgan fingerprint density at radius 2 is 2.19 bits per heavy atom. The molecule has 1 fully saturated rings. The van der Waals surface area contributed by atoms with Gasteiger partial charge in [0.05, 0.1) is 6.54 Å². The van der Waals surface area contributed by atoms with Crippen molar-refractivity contribution in [2.24, 2.45) is 0 Å². The molecule has 1 saturated heterocycles. The van der Waals surface area contributed by atoms with Gasteiger partial charge in [-0.25, -0.2) is 0 Å². The summed E-state index contributed by atoms with van der Waals surface area (Å²) >= 11 is 0. The molecule has 21 heavy (non-hydrogen) atoms. The molecule has 0 bridgehead atoms. The zero-order valence-electron chi connectivity index (χ0n) is 11.9. The zero-order chi connectivity index (χ0) is 14.7. The highest BCUT2D eigenvalue weighted by molar-refractivity contribution is 5.79. The van der Waals surface area contributed by atoms with Crippen LogP contribution in [0, 0.1) is 0 Å². The Labute approximate surface area is 122 Å². The van der Waals surface area contributed by atoms with Gasteiger partial charge in [0.1, 0.15) is 6.61 Å². The lowest BCUT2D eigenvalue weighted by Crippen LogP contribution is -2.25. The molecule has 1 atom stereocenters. The number of amides is 1. The lowest BCUT2D eigenvalue weighted by atomic mass is 9.99. The van der Waals surface area contributed by atoms with Crippen LogP contribution in [0.5, 0.6) is 0 Å². The predicted octanol–water partition coefficient (Wildman–Crippen LogP) is 1.73. The lowest BCUT2D eigenvalue weighted by molar-refractivity contribution is -0.128. The van der Waals surface area contributed by atoms with Crippen molar-refractivity contribution in [2.75, 3.05) is 13.7 Å². The van der Waals surface area contributed by atoms with Gasteiger partial charge in [0, 0.05) is 26.0 Å². The highest BCUT2D eigenvalue weighted by atomic mass is 16.5. The Bertz CT molecular complexity index is 612. The topological polar surface area (TPSA) is 68.5 Å². The molecule has 0 aliphatic carbocycles. The molecule has 0 N–H and O–H groups in total. The summed E-state index contributed by atoms with van der Waals surface area (Å²) in [6.07, 6.45) is 0.535. The molecule has 1 aromatic carbocycles. The fraction of sp³-hybridized carbons (Fsp3) is 0.400. The number of carbonyl (C=O) groups excluding carboxylic acids is 1. The van der Waals surface area contributed by atoms with Crippen molar-refractivity contribution in [3.63, 3.8) is 0 Å². The first-order valence-electron chi connectivity index (χ1n) is 6.89. The molecule has 1 aliphatic rings. The lowest BCUT2D eigenvalue weighted by Gasteiger charge is -2.14. The van der Waals surface area contributed by atoms with E-state index < -0.39 is 0 Å². The highest BCUT2D eigenvalue weighted by Gasteiger charge is 2.31. The molecule has 3 rings (SSSR count). The standard InChI is InChI=1S/C15H17N3O3/c1-20-10-14-16-13(17-21-14)9-18-8-12(7-15(18)19)11-5-3-2-4-6-11/h2-6,12H,7-10H2,1H3. The van der Waals surface area contributed by atoms with Crippen LogP contribution in [0.3, 0.4) is 0 Å². The van der Waals surface area contributed by atoms with E-state index in [2.05, 4.69) is 22.3 Å². The van der Waals surface area contributed by atoms with Gasteiger partial charge in [0.2, 0.25) is 5.91 Å². The molecule has 6 nitrogen and oxygen atoms in total. The van der Waals surface area contributed by atoms with Gasteiger partial charge >= 0.3 is 0 Å². The Hall–Kier alpha value is -2.21. The summed E-state index contributed by atoms with van der Waals surface area (Å²) < 4.78 is 9.97. The second-order valence-corrected chi connectivity index (χ2v) is 5.12. The maximum absolute atomic E-state index is 12.1. The molecule has 1 amide bonds. The van der Waals surface area contributed by atoms with Crippen molar-refractivity contribution < 1.29 is 14.1 Å². The van der Waals surface area contributed by atoms with E-state index >= 15 is 0 Å². The average Bonchev–Trinajstić information content (AvgIpc) is 3.08. The highest BCUT2D eigenvalue weighted by Crippen LogP contribution is 2.28. The number of rotatable bonds is 5. The average molecular weight is 287 g/mol. The minimum absolute atomic E-state index is 0.127. The van der Waals surface area contributed by atoms with Crippen molar-refractivity contribution in [2.45, 2.75) is 25.5 Å². The van der Waals surface area contributed by atoms with Crippen LogP contribution in [-0.4, -0.2) is 34.6 Å². The number of aromatic nitrogens is 2. The summed E-state index contributed by atoms with van der Waals surface area (Å²) in [5.41, 5.74) is 1.20. The van der Waals surface area contributed by atoms with E-state index in [9.17, 15) is 4.79 Å². The van der Waals surface area contributed by atoms with Crippen molar-refractivity contribution in [3.05, 3.63) is 47.6 Å². The van der Waals surface area contributed by atoms with E-state index in [4.69, 9.17) is 9.26 Å². The fourth-order valence-electron chi connectivity index (χ4n) is 2.58. The smallest absolute Gasteiger partial charge is 0.252 e. The summed E-state index contributed by atoms with van der Waals surface area (Å²) in [5, 5.41) is 3.87. The van der Waals surface area contributed by atoms with E-state index in [0.717, 1.165) is 0 Å². The largest absolute Gasteiger partial charge is 0.375 e. The normalized spacial score (nSPS) is 18.4. The van der Waals surface area contributed by atoms with Gasteiger partial charge in [-0.05, 0) is 5.56 Å². The van der Waals surface area contributed by atoms with Crippen LogP contribution in [0.25, 0.3) is 0 Å². The first-order chi connectivity index (χ1) is 10.3. The van der Waals surface area contributed by atoms with Crippen LogP contribution < -0.4 is 0 Å². The summed E-state index contributed by atoms with van der Waals surface area (Å²) in [4.78, 5) is 18.1. The Kier molecular flexibility index (Phi) is 3.96. The number of methoxy groups -OCH3 is 1. The van der Waals surface area contributed by atoms with Crippen LogP contribution in [0.4, 0.5) is 0 Å². The van der Waals surface area contributed by atoms with Crippen LogP contribution in [0.2, 0.25) is 0 Å². The Balaban J connectivity index is 1.65. The van der Waals surface area contributed by atoms with Gasteiger partial charge in [-0.1, -0.05) is 35.5 Å². The predicted molar refractivity (Wildman–Crippen MR) is 74.2 cm³/mol. The van der Waals surface area contributed by atoms with Crippen LogP contribution in [0.15, 0.2) is 34.9 Å². The Morgan fingerprint density at radius 3 is 2.95 bits per heavy atom. The summed E-state index contributed by atoms with van der Waals surface area (Å²) in [6, 6.07) is 10.1. The third kappa shape index (κ3) is 3.11.